The predicted octanol–water partition coefficient (Wildman–Crippen LogP) is 4.85. The maximum Gasteiger partial charge on any atom is 0.260 e. The van der Waals surface area contributed by atoms with E-state index in [4.69, 9.17) is 9.16 Å². The van der Waals surface area contributed by atoms with Gasteiger partial charge in [-0.25, -0.2) is 0 Å². The fourth-order valence-corrected chi connectivity index (χ4v) is 4.07. The van der Waals surface area contributed by atoms with Gasteiger partial charge in [-0.1, -0.05) is 20.8 Å². The molecule has 1 aromatic carbocycles. The van der Waals surface area contributed by atoms with Gasteiger partial charge in [-0.2, -0.15) is 5.26 Å². The van der Waals surface area contributed by atoms with E-state index < -0.39 is 14.6 Å². The smallest absolute Gasteiger partial charge is 0.260 e. The number of aromatic nitrogens is 1. The fourth-order valence-electron chi connectivity index (χ4n) is 3.63. The lowest BCUT2D eigenvalue weighted by Gasteiger charge is -2.32. The maximum atomic E-state index is 13.7. The number of nitriles is 1. The van der Waals surface area contributed by atoms with E-state index in [1.54, 1.807) is 22.8 Å². The van der Waals surface area contributed by atoms with Crippen LogP contribution in [0.3, 0.4) is 0 Å². The molecule has 2 aromatic rings. The molecule has 5 nitrogen and oxygen atoms in total. The van der Waals surface area contributed by atoms with Gasteiger partial charge in [0.15, 0.2) is 0 Å². The van der Waals surface area contributed by atoms with Crippen LogP contribution in [0, 0.1) is 11.3 Å². The summed E-state index contributed by atoms with van der Waals surface area (Å²) in [6, 6.07) is 9.48. The zero-order chi connectivity index (χ0) is 22.3. The molecule has 0 fully saturated rings. The van der Waals surface area contributed by atoms with E-state index >= 15 is 0 Å². The summed E-state index contributed by atoms with van der Waals surface area (Å²) >= 11 is 0. The van der Waals surface area contributed by atoms with Crippen molar-refractivity contribution in [2.75, 3.05) is 0 Å². The SMILES string of the molecule is C[Si](C)OCc1c(C(C)(C)C)ccn(C2=CC(C)(C)Oc3ccc(C#N)cc32)c1=O. The van der Waals surface area contributed by atoms with Crippen molar-refractivity contribution in [2.45, 2.75) is 65.3 Å². The second kappa shape index (κ2) is 7.90. The van der Waals surface area contributed by atoms with Gasteiger partial charge in [0, 0.05) is 17.3 Å². The van der Waals surface area contributed by atoms with Crippen LogP contribution in [0.1, 0.15) is 56.9 Å². The Balaban J connectivity index is 2.25. The Bertz CT molecular complexity index is 1100. The summed E-state index contributed by atoms with van der Waals surface area (Å²) in [5.41, 5.74) is 2.80. The van der Waals surface area contributed by atoms with Crippen LogP contribution in [0.4, 0.5) is 0 Å². The number of pyridine rings is 1. The molecule has 0 spiro atoms. The minimum atomic E-state index is -0.941. The standard InChI is InChI=1S/C24H29N2O3Si/c1-23(2,3)19-10-11-26(22(27)18(19)15-28-30(6)7)20-13-24(4,5)29-21-9-8-16(14-25)12-17(20)21/h8-13H,15H2,1-7H3. The largest absolute Gasteiger partial charge is 0.483 e. The Kier molecular flexibility index (Phi) is 5.81. The average Bonchev–Trinajstić information content (AvgIpc) is 2.64. The molecule has 157 valence electrons. The van der Waals surface area contributed by atoms with Crippen molar-refractivity contribution >= 4 is 14.7 Å². The molecule has 2 heterocycles. The number of hydrogen-bond donors (Lipinski definition) is 0. The number of rotatable bonds is 4. The molecule has 0 N–H and O–H groups in total. The Morgan fingerprint density at radius 3 is 2.53 bits per heavy atom. The number of ether oxygens (including phenoxy) is 1. The number of fused-ring (bicyclic) bond motifs is 1. The van der Waals surface area contributed by atoms with E-state index in [-0.39, 0.29) is 11.0 Å². The third-order valence-corrected chi connectivity index (χ3v) is 5.73. The molecule has 0 bridgehead atoms. The van der Waals surface area contributed by atoms with Crippen molar-refractivity contribution in [1.82, 2.24) is 4.57 Å². The Labute approximate surface area is 180 Å². The summed E-state index contributed by atoms with van der Waals surface area (Å²) < 4.78 is 13.7. The Hall–Kier alpha value is -2.62. The highest BCUT2D eigenvalue weighted by molar-refractivity contribution is 6.48. The zero-order valence-electron chi connectivity index (χ0n) is 18.8. The van der Waals surface area contributed by atoms with Crippen LogP contribution in [-0.4, -0.2) is 19.2 Å². The van der Waals surface area contributed by atoms with Crippen molar-refractivity contribution in [3.8, 4) is 11.8 Å². The quantitative estimate of drug-likeness (QED) is 0.662. The first-order valence-corrected chi connectivity index (χ1v) is 12.5. The van der Waals surface area contributed by atoms with E-state index in [1.165, 1.54) is 0 Å². The minimum Gasteiger partial charge on any atom is -0.483 e. The highest BCUT2D eigenvalue weighted by atomic mass is 28.3. The normalized spacial score (nSPS) is 15.2. The molecule has 6 heteroatoms. The van der Waals surface area contributed by atoms with Gasteiger partial charge in [0.2, 0.25) is 9.04 Å². The van der Waals surface area contributed by atoms with Crippen molar-refractivity contribution in [2.24, 2.45) is 0 Å². The first-order valence-electron chi connectivity index (χ1n) is 10.1. The van der Waals surface area contributed by atoms with Crippen LogP contribution in [0.2, 0.25) is 13.1 Å². The lowest BCUT2D eigenvalue weighted by atomic mass is 9.84. The van der Waals surface area contributed by atoms with Gasteiger partial charge in [0.1, 0.15) is 11.4 Å². The van der Waals surface area contributed by atoms with Crippen LogP contribution in [0.25, 0.3) is 5.70 Å². The van der Waals surface area contributed by atoms with Crippen molar-refractivity contribution in [3.05, 3.63) is 69.1 Å². The predicted molar refractivity (Wildman–Crippen MR) is 121 cm³/mol. The highest BCUT2D eigenvalue weighted by Gasteiger charge is 2.29. The summed E-state index contributed by atoms with van der Waals surface area (Å²) in [6.45, 7) is 14.6. The molecule has 1 aliphatic heterocycles. The molecule has 1 radical (unpaired) electrons. The third kappa shape index (κ3) is 4.42. The molecule has 0 saturated carbocycles. The molecule has 0 unspecified atom stereocenters. The maximum absolute atomic E-state index is 13.7. The molecule has 0 atom stereocenters. The summed E-state index contributed by atoms with van der Waals surface area (Å²) in [5.74, 6) is 0.661. The van der Waals surface area contributed by atoms with Crippen LogP contribution < -0.4 is 10.3 Å². The second-order valence-electron chi connectivity index (χ2n) is 9.39. The average molecular weight is 422 g/mol. The van der Waals surface area contributed by atoms with Crippen molar-refractivity contribution in [3.63, 3.8) is 0 Å². The van der Waals surface area contributed by atoms with Crippen LogP contribution in [0.15, 0.2) is 41.3 Å². The summed E-state index contributed by atoms with van der Waals surface area (Å²) in [5, 5.41) is 9.35. The van der Waals surface area contributed by atoms with E-state index in [2.05, 4.69) is 39.9 Å². The molecule has 0 amide bonds. The van der Waals surface area contributed by atoms with Crippen LogP contribution in [0.5, 0.6) is 5.75 Å². The van der Waals surface area contributed by atoms with Crippen LogP contribution in [-0.2, 0) is 16.4 Å². The number of hydrogen-bond acceptors (Lipinski definition) is 4. The molecule has 1 aliphatic rings. The van der Waals surface area contributed by atoms with E-state index in [0.29, 0.717) is 23.5 Å². The van der Waals surface area contributed by atoms with Crippen molar-refractivity contribution < 1.29 is 9.16 Å². The molecular formula is C24H29N2O3Si. The fraction of sp³-hybridized carbons (Fsp3) is 0.417. The molecular weight excluding hydrogens is 392 g/mol. The number of benzene rings is 1. The van der Waals surface area contributed by atoms with E-state index in [9.17, 15) is 10.1 Å². The summed E-state index contributed by atoms with van der Waals surface area (Å²) in [6.07, 6.45) is 3.76. The van der Waals surface area contributed by atoms with Gasteiger partial charge in [0.25, 0.3) is 5.56 Å². The number of nitrogens with zero attached hydrogens (tertiary/aromatic N) is 2. The third-order valence-electron chi connectivity index (χ3n) is 5.01. The Morgan fingerprint density at radius 2 is 1.93 bits per heavy atom. The van der Waals surface area contributed by atoms with Crippen LogP contribution >= 0.6 is 0 Å². The summed E-state index contributed by atoms with van der Waals surface area (Å²) in [7, 11) is -0.941. The summed E-state index contributed by atoms with van der Waals surface area (Å²) in [4.78, 5) is 13.7. The topological polar surface area (TPSA) is 64.2 Å². The highest BCUT2D eigenvalue weighted by Crippen LogP contribution is 2.37. The van der Waals surface area contributed by atoms with Gasteiger partial charge in [0.05, 0.1) is 23.9 Å². The van der Waals surface area contributed by atoms with Gasteiger partial charge >= 0.3 is 0 Å². The lowest BCUT2D eigenvalue weighted by molar-refractivity contribution is 0.157. The molecule has 1 aromatic heterocycles. The Morgan fingerprint density at radius 1 is 1.23 bits per heavy atom. The minimum absolute atomic E-state index is 0.0945. The molecule has 0 saturated heterocycles. The second-order valence-corrected chi connectivity index (χ2v) is 11.5. The zero-order valence-corrected chi connectivity index (χ0v) is 19.8. The first kappa shape index (κ1) is 22.1. The van der Waals surface area contributed by atoms with Gasteiger partial charge < -0.3 is 9.16 Å². The van der Waals surface area contributed by atoms with Gasteiger partial charge in [-0.05, 0) is 68.3 Å². The van der Waals surface area contributed by atoms with Gasteiger partial charge in [-0.15, -0.1) is 0 Å². The molecule has 0 aliphatic carbocycles. The van der Waals surface area contributed by atoms with E-state index in [0.717, 1.165) is 16.8 Å². The molecule has 30 heavy (non-hydrogen) atoms. The van der Waals surface area contributed by atoms with Gasteiger partial charge in [-0.3, -0.25) is 9.36 Å². The van der Waals surface area contributed by atoms with E-state index in [1.807, 2.05) is 32.2 Å². The first-order chi connectivity index (χ1) is 13.9. The van der Waals surface area contributed by atoms with Crippen molar-refractivity contribution in [1.29, 1.82) is 5.26 Å². The molecule has 3 rings (SSSR count). The lowest BCUT2D eigenvalue weighted by Crippen LogP contribution is -2.34. The monoisotopic (exact) mass is 421 g/mol.